The smallest absolute Gasteiger partial charge is 0.408 e. The third-order valence-corrected chi connectivity index (χ3v) is 11.1. The lowest BCUT2D eigenvalue weighted by molar-refractivity contribution is -0.0672. The fraction of sp³-hybridized carbons (Fsp3) is 0.524. The largest absolute Gasteiger partial charge is 0.496 e. The number of methoxy groups -OCH3 is 1. The average molecular weight is 739 g/mol. The number of hydrogen-bond donors (Lipinski definition) is 2. The molecule has 2 aliphatic heterocycles. The van der Waals surface area contributed by atoms with Crippen molar-refractivity contribution in [3.63, 3.8) is 0 Å². The van der Waals surface area contributed by atoms with Crippen LogP contribution in [0.15, 0.2) is 65.6 Å². The molecule has 2 aromatic carbocycles. The number of aliphatic hydroxyl groups excluding tert-OH is 1. The van der Waals surface area contributed by atoms with E-state index in [9.17, 15) is 14.7 Å². The zero-order valence-electron chi connectivity index (χ0n) is 32.4. The number of hydrogen-bond acceptors (Lipinski definition) is 10. The predicted octanol–water partition coefficient (Wildman–Crippen LogP) is 5.77. The van der Waals surface area contributed by atoms with Gasteiger partial charge in [0.2, 0.25) is 5.95 Å². The van der Waals surface area contributed by atoms with E-state index in [4.69, 9.17) is 24.2 Å². The maximum absolute atomic E-state index is 12.5. The van der Waals surface area contributed by atoms with E-state index in [0.717, 1.165) is 92.3 Å². The minimum Gasteiger partial charge on any atom is -0.496 e. The Hall–Kier alpha value is -4.52. The molecule has 0 radical (unpaired) electrons. The number of carbonyl (C=O) groups is 1. The molecule has 12 nitrogen and oxygen atoms in total. The van der Waals surface area contributed by atoms with Crippen LogP contribution in [0.1, 0.15) is 77.5 Å². The van der Waals surface area contributed by atoms with Crippen molar-refractivity contribution in [2.24, 2.45) is 7.05 Å². The van der Waals surface area contributed by atoms with Gasteiger partial charge in [0.15, 0.2) is 5.60 Å². The first-order valence-electron chi connectivity index (χ1n) is 19.2. The molecule has 3 aliphatic rings. The zero-order valence-corrected chi connectivity index (χ0v) is 32.4. The maximum atomic E-state index is 12.5. The molecular formula is C42H54N6O6. The van der Waals surface area contributed by atoms with Gasteiger partial charge in [0, 0.05) is 68.0 Å². The van der Waals surface area contributed by atoms with Crippen LogP contribution >= 0.6 is 0 Å². The Morgan fingerprint density at radius 2 is 1.69 bits per heavy atom. The normalized spacial score (nSPS) is 19.4. The lowest BCUT2D eigenvalue weighted by Crippen LogP contribution is -2.57. The summed E-state index contributed by atoms with van der Waals surface area (Å²) in [7, 11) is 3.28. The summed E-state index contributed by atoms with van der Waals surface area (Å²) in [6, 6.07) is 17.8. The molecule has 1 amide bonds. The van der Waals surface area contributed by atoms with Gasteiger partial charge >= 0.3 is 6.09 Å². The van der Waals surface area contributed by atoms with Gasteiger partial charge in [-0.05, 0) is 89.5 Å². The van der Waals surface area contributed by atoms with Gasteiger partial charge in [-0.15, -0.1) is 0 Å². The third kappa shape index (κ3) is 7.97. The SMILES string of the molecule is COc1cc(=O)n(C)cc1-c1ccc2nc(N3CCC(N4CCC(C)(NC(=O)OC(C)(C)C)CC4)CC3)nc(C(CO)(OC3CC3)c3ccccc3)c2c1. The number of benzene rings is 2. The van der Waals surface area contributed by atoms with Crippen LogP contribution in [0.2, 0.25) is 0 Å². The Balaban J connectivity index is 1.19. The highest BCUT2D eigenvalue weighted by molar-refractivity contribution is 5.89. The van der Waals surface area contributed by atoms with Gasteiger partial charge in [-0.1, -0.05) is 36.4 Å². The quantitative estimate of drug-likeness (QED) is 0.207. The molecule has 54 heavy (non-hydrogen) atoms. The van der Waals surface area contributed by atoms with E-state index >= 15 is 0 Å². The van der Waals surface area contributed by atoms with Crippen LogP contribution < -0.4 is 20.5 Å². The summed E-state index contributed by atoms with van der Waals surface area (Å²) in [5.74, 6) is 1.09. The molecule has 288 valence electrons. The van der Waals surface area contributed by atoms with Crippen molar-refractivity contribution in [3.05, 3.63) is 82.4 Å². The van der Waals surface area contributed by atoms with Crippen molar-refractivity contribution in [1.29, 1.82) is 0 Å². The van der Waals surface area contributed by atoms with E-state index in [-0.39, 0.29) is 29.9 Å². The first-order valence-corrected chi connectivity index (χ1v) is 19.2. The minimum absolute atomic E-state index is 0.0132. The van der Waals surface area contributed by atoms with Crippen LogP contribution in [0.5, 0.6) is 5.75 Å². The number of alkyl carbamates (subject to hydrolysis) is 1. The number of aliphatic hydroxyl groups is 1. The van der Waals surface area contributed by atoms with Gasteiger partial charge in [0.1, 0.15) is 11.4 Å². The summed E-state index contributed by atoms with van der Waals surface area (Å²) in [6.45, 7) is 10.8. The molecule has 0 bridgehead atoms. The molecule has 4 heterocycles. The monoisotopic (exact) mass is 738 g/mol. The lowest BCUT2D eigenvalue weighted by atomic mass is 9.87. The second-order valence-corrected chi connectivity index (χ2v) is 16.4. The standard InChI is InChI=1S/C42H54N6O6/c1-40(2,3)54-39(51)45-41(4)18-22-47(23-19-41)30-16-20-48(21-17-30)38-43-34-15-12-28(33-26-46(5)36(50)25-35(33)52-6)24-32(34)37(44-38)42(27-49,53-31-13-14-31)29-10-8-7-9-11-29/h7-12,15,24-26,30-31,49H,13-14,16-23,27H2,1-6H3,(H,45,51). The number of aryl methyl sites for hydroxylation is 1. The molecule has 4 aromatic rings. The Labute approximate surface area is 317 Å². The zero-order chi connectivity index (χ0) is 38.3. The van der Waals surface area contributed by atoms with E-state index < -0.39 is 11.2 Å². The van der Waals surface area contributed by atoms with Crippen LogP contribution in [0.4, 0.5) is 10.7 Å². The first-order chi connectivity index (χ1) is 25.8. The number of amides is 1. The molecule has 3 fully saturated rings. The number of rotatable bonds is 10. The van der Waals surface area contributed by atoms with Crippen molar-refractivity contribution < 1.29 is 24.1 Å². The van der Waals surface area contributed by atoms with Gasteiger partial charge in [0.25, 0.3) is 5.56 Å². The van der Waals surface area contributed by atoms with Crippen molar-refractivity contribution in [2.75, 3.05) is 44.8 Å². The lowest BCUT2D eigenvalue weighted by Gasteiger charge is -2.45. The van der Waals surface area contributed by atoms with Crippen molar-refractivity contribution >= 4 is 22.9 Å². The summed E-state index contributed by atoms with van der Waals surface area (Å²) in [4.78, 5) is 40.3. The van der Waals surface area contributed by atoms with Crippen molar-refractivity contribution in [3.8, 4) is 16.9 Å². The van der Waals surface area contributed by atoms with Crippen molar-refractivity contribution in [2.45, 2.75) is 95.1 Å². The Morgan fingerprint density at radius 1 is 0.981 bits per heavy atom. The van der Waals surface area contributed by atoms with E-state index in [2.05, 4.69) is 22.0 Å². The van der Waals surface area contributed by atoms with Gasteiger partial charge in [-0.25, -0.2) is 14.8 Å². The first kappa shape index (κ1) is 37.8. The fourth-order valence-electron chi connectivity index (χ4n) is 7.86. The van der Waals surface area contributed by atoms with E-state index in [0.29, 0.717) is 23.4 Å². The third-order valence-electron chi connectivity index (χ3n) is 11.1. The number of likely N-dealkylation sites (tertiary alicyclic amines) is 1. The molecule has 1 aliphatic carbocycles. The predicted molar refractivity (Wildman–Crippen MR) is 209 cm³/mol. The number of aromatic nitrogens is 3. The number of carbonyl (C=O) groups excluding carboxylic acids is 1. The molecule has 1 saturated carbocycles. The van der Waals surface area contributed by atoms with Crippen LogP contribution in [0.3, 0.4) is 0 Å². The summed E-state index contributed by atoms with van der Waals surface area (Å²) < 4.78 is 19.6. The Bertz CT molecular complexity index is 2030. The summed E-state index contributed by atoms with van der Waals surface area (Å²) >= 11 is 0. The van der Waals surface area contributed by atoms with Gasteiger partial charge < -0.3 is 39.0 Å². The summed E-state index contributed by atoms with van der Waals surface area (Å²) in [5.41, 5.74) is 1.56. The second-order valence-electron chi connectivity index (χ2n) is 16.4. The molecule has 2 N–H and O–H groups in total. The number of fused-ring (bicyclic) bond motifs is 1. The molecule has 2 saturated heterocycles. The number of anilines is 1. The summed E-state index contributed by atoms with van der Waals surface area (Å²) in [6.07, 6.45) is 6.92. The second kappa shape index (κ2) is 15.0. The van der Waals surface area contributed by atoms with Crippen LogP contribution in [0, 0.1) is 0 Å². The van der Waals surface area contributed by atoms with E-state index in [1.54, 1.807) is 20.4 Å². The molecule has 0 spiro atoms. The molecule has 7 rings (SSSR count). The highest BCUT2D eigenvalue weighted by atomic mass is 16.6. The maximum Gasteiger partial charge on any atom is 0.408 e. The number of ether oxygens (including phenoxy) is 3. The molecule has 12 heteroatoms. The van der Waals surface area contributed by atoms with Crippen LogP contribution in [-0.2, 0) is 22.1 Å². The van der Waals surface area contributed by atoms with Gasteiger partial charge in [0.05, 0.1) is 31.0 Å². The Kier molecular flexibility index (Phi) is 10.5. The van der Waals surface area contributed by atoms with Gasteiger partial charge in [-0.2, -0.15) is 0 Å². The summed E-state index contributed by atoms with van der Waals surface area (Å²) in [5, 5.41) is 15.3. The van der Waals surface area contributed by atoms with Crippen LogP contribution in [0.25, 0.3) is 22.0 Å². The number of nitrogens with one attached hydrogen (secondary N) is 1. The average Bonchev–Trinajstić information content (AvgIpc) is 3.98. The number of nitrogens with zero attached hydrogens (tertiary/aromatic N) is 5. The molecule has 1 atom stereocenters. The topological polar surface area (TPSA) is 131 Å². The Morgan fingerprint density at radius 3 is 2.31 bits per heavy atom. The molecular weight excluding hydrogens is 684 g/mol. The fourth-order valence-corrected chi connectivity index (χ4v) is 7.86. The van der Waals surface area contributed by atoms with E-state index in [1.165, 1.54) is 10.6 Å². The molecule has 2 aromatic heterocycles. The highest BCUT2D eigenvalue weighted by Gasteiger charge is 2.44. The number of pyridine rings is 1. The van der Waals surface area contributed by atoms with Gasteiger partial charge in [-0.3, -0.25) is 4.79 Å². The highest BCUT2D eigenvalue weighted by Crippen LogP contribution is 2.43. The minimum atomic E-state index is -1.23. The van der Waals surface area contributed by atoms with E-state index in [1.807, 2.05) is 69.3 Å². The number of piperidine rings is 2. The van der Waals surface area contributed by atoms with Crippen molar-refractivity contribution in [1.82, 2.24) is 24.8 Å². The molecule has 1 unspecified atom stereocenters. The van der Waals surface area contributed by atoms with Crippen LogP contribution in [-0.4, -0.2) is 93.8 Å².